The van der Waals surface area contributed by atoms with E-state index in [1.54, 1.807) is 12.1 Å². The Labute approximate surface area is 150 Å². The second kappa shape index (κ2) is 7.36. The van der Waals surface area contributed by atoms with Crippen molar-refractivity contribution >= 4 is 44.9 Å². The van der Waals surface area contributed by atoms with E-state index < -0.39 is 0 Å². The fourth-order valence-corrected chi connectivity index (χ4v) is 3.89. The predicted octanol–water partition coefficient (Wildman–Crippen LogP) is 4.52. The van der Waals surface area contributed by atoms with Crippen LogP contribution in [0.2, 0.25) is 5.02 Å². The van der Waals surface area contributed by atoms with E-state index in [0.717, 1.165) is 23.7 Å². The highest BCUT2D eigenvalue weighted by Crippen LogP contribution is 2.30. The first-order valence-electron chi connectivity index (χ1n) is 7.97. The van der Waals surface area contributed by atoms with Crippen molar-refractivity contribution in [1.82, 2.24) is 10.2 Å². The third-order valence-electron chi connectivity index (χ3n) is 4.06. The Kier molecular flexibility index (Phi) is 5.20. The Balaban J connectivity index is 1.62. The molecule has 1 aliphatic rings. The zero-order chi connectivity index (χ0) is 17.1. The topological polar surface area (TPSA) is 70.1 Å². The summed E-state index contributed by atoms with van der Waals surface area (Å²) in [4.78, 5) is 14.4. The number of hydrogen-bond donors (Lipinski definition) is 2. The van der Waals surface area contributed by atoms with Crippen molar-refractivity contribution in [3.63, 3.8) is 0 Å². The maximum Gasteiger partial charge on any atom is 0.325 e. The van der Waals surface area contributed by atoms with Crippen LogP contribution in [0.5, 0.6) is 0 Å². The molecule has 2 N–H and O–H groups in total. The largest absolute Gasteiger partial charge is 0.344 e. The SMILES string of the molecule is Cc1ccc(NC(=O)Nc2nnc(N3CCCC[C@@H]3C)s2)c(Cl)c1. The lowest BCUT2D eigenvalue weighted by Crippen LogP contribution is -2.37. The van der Waals surface area contributed by atoms with Crippen LogP contribution in [0.1, 0.15) is 31.7 Å². The van der Waals surface area contributed by atoms with Crippen LogP contribution < -0.4 is 15.5 Å². The monoisotopic (exact) mass is 365 g/mol. The molecular formula is C16H20ClN5OS. The minimum Gasteiger partial charge on any atom is -0.344 e. The fraction of sp³-hybridized carbons (Fsp3) is 0.438. The van der Waals surface area contributed by atoms with Gasteiger partial charge in [0.05, 0.1) is 10.7 Å². The standard InChI is InChI=1S/C16H20ClN5OS/c1-10-6-7-13(12(17)9-10)18-14(23)19-15-20-21-16(24-15)22-8-4-3-5-11(22)2/h6-7,9,11H,3-5,8H2,1-2H3,(H2,18,19,20,23)/t11-/m0/s1. The summed E-state index contributed by atoms with van der Waals surface area (Å²) in [6, 6.07) is 5.55. The predicted molar refractivity (Wildman–Crippen MR) is 99.4 cm³/mol. The molecule has 1 aromatic heterocycles. The number of carbonyl (C=O) groups excluding carboxylic acids is 1. The maximum absolute atomic E-state index is 12.1. The van der Waals surface area contributed by atoms with Crippen LogP contribution in [0.25, 0.3) is 0 Å². The summed E-state index contributed by atoms with van der Waals surface area (Å²) in [6.07, 6.45) is 3.58. The van der Waals surface area contributed by atoms with Crippen molar-refractivity contribution in [2.24, 2.45) is 0 Å². The summed E-state index contributed by atoms with van der Waals surface area (Å²) < 4.78 is 0. The van der Waals surface area contributed by atoms with Crippen LogP contribution in [0.4, 0.5) is 20.7 Å². The molecule has 1 aromatic carbocycles. The lowest BCUT2D eigenvalue weighted by molar-refractivity contribution is 0.262. The number of aromatic nitrogens is 2. The quantitative estimate of drug-likeness (QED) is 0.838. The second-order valence-electron chi connectivity index (χ2n) is 5.99. The molecule has 0 spiro atoms. The van der Waals surface area contributed by atoms with E-state index in [1.165, 1.54) is 24.2 Å². The zero-order valence-electron chi connectivity index (χ0n) is 13.7. The van der Waals surface area contributed by atoms with E-state index in [9.17, 15) is 4.79 Å². The molecule has 1 aliphatic heterocycles. The first-order chi connectivity index (χ1) is 11.5. The van der Waals surface area contributed by atoms with Gasteiger partial charge in [0.2, 0.25) is 10.3 Å². The van der Waals surface area contributed by atoms with Gasteiger partial charge in [0, 0.05) is 12.6 Å². The maximum atomic E-state index is 12.1. The summed E-state index contributed by atoms with van der Waals surface area (Å²) >= 11 is 7.51. The molecule has 8 heteroatoms. The van der Waals surface area contributed by atoms with Crippen LogP contribution in [0.3, 0.4) is 0 Å². The molecule has 1 fully saturated rings. The Morgan fingerprint density at radius 1 is 1.33 bits per heavy atom. The van der Waals surface area contributed by atoms with Gasteiger partial charge in [-0.15, -0.1) is 10.2 Å². The van der Waals surface area contributed by atoms with Crippen molar-refractivity contribution in [2.45, 2.75) is 39.2 Å². The molecule has 1 atom stereocenters. The number of carbonyl (C=O) groups is 1. The van der Waals surface area contributed by atoms with Gasteiger partial charge in [0.15, 0.2) is 0 Å². The van der Waals surface area contributed by atoms with Crippen molar-refractivity contribution < 1.29 is 4.79 Å². The smallest absolute Gasteiger partial charge is 0.325 e. The molecular weight excluding hydrogens is 346 g/mol. The van der Waals surface area contributed by atoms with E-state index in [0.29, 0.717) is 21.9 Å². The van der Waals surface area contributed by atoms with E-state index in [-0.39, 0.29) is 6.03 Å². The Morgan fingerprint density at radius 2 is 2.17 bits per heavy atom. The third kappa shape index (κ3) is 3.96. The molecule has 24 heavy (non-hydrogen) atoms. The van der Waals surface area contributed by atoms with Gasteiger partial charge in [-0.05, 0) is 50.8 Å². The van der Waals surface area contributed by atoms with Crippen molar-refractivity contribution in [3.8, 4) is 0 Å². The highest BCUT2D eigenvalue weighted by atomic mass is 35.5. The summed E-state index contributed by atoms with van der Waals surface area (Å²) in [5, 5.41) is 15.5. The van der Waals surface area contributed by atoms with Crippen molar-refractivity contribution in [3.05, 3.63) is 28.8 Å². The lowest BCUT2D eigenvalue weighted by Gasteiger charge is -2.32. The Morgan fingerprint density at radius 3 is 2.92 bits per heavy atom. The normalized spacial score (nSPS) is 17.6. The number of nitrogens with one attached hydrogen (secondary N) is 2. The molecule has 2 amide bonds. The van der Waals surface area contributed by atoms with E-state index in [4.69, 9.17) is 11.6 Å². The minimum atomic E-state index is -0.379. The van der Waals surface area contributed by atoms with Gasteiger partial charge in [0.1, 0.15) is 0 Å². The summed E-state index contributed by atoms with van der Waals surface area (Å²) in [5.41, 5.74) is 1.60. The Bertz CT molecular complexity index is 735. The molecule has 128 valence electrons. The fourth-order valence-electron chi connectivity index (χ4n) is 2.74. The number of urea groups is 1. The van der Waals surface area contributed by atoms with Gasteiger partial charge < -0.3 is 10.2 Å². The summed E-state index contributed by atoms with van der Waals surface area (Å²) in [7, 11) is 0. The van der Waals surface area contributed by atoms with E-state index in [2.05, 4.69) is 32.7 Å². The average molecular weight is 366 g/mol. The number of anilines is 3. The van der Waals surface area contributed by atoms with Crippen LogP contribution in [0.15, 0.2) is 18.2 Å². The van der Waals surface area contributed by atoms with Gasteiger partial charge in [0.25, 0.3) is 0 Å². The number of rotatable bonds is 3. The molecule has 0 aliphatic carbocycles. The minimum absolute atomic E-state index is 0.379. The number of hydrogen-bond acceptors (Lipinski definition) is 5. The van der Waals surface area contributed by atoms with Gasteiger partial charge in [-0.3, -0.25) is 5.32 Å². The first kappa shape index (κ1) is 17.0. The van der Waals surface area contributed by atoms with Gasteiger partial charge in [-0.1, -0.05) is 29.0 Å². The van der Waals surface area contributed by atoms with Gasteiger partial charge in [-0.25, -0.2) is 4.79 Å². The molecule has 0 saturated carbocycles. The van der Waals surface area contributed by atoms with Crippen LogP contribution in [-0.2, 0) is 0 Å². The first-order valence-corrected chi connectivity index (χ1v) is 9.16. The molecule has 1 saturated heterocycles. The number of aryl methyl sites for hydroxylation is 1. The molecule has 6 nitrogen and oxygen atoms in total. The van der Waals surface area contributed by atoms with Gasteiger partial charge >= 0.3 is 6.03 Å². The summed E-state index contributed by atoms with van der Waals surface area (Å²) in [5.74, 6) is 0. The average Bonchev–Trinajstić information content (AvgIpc) is 2.99. The van der Waals surface area contributed by atoms with Crippen LogP contribution >= 0.6 is 22.9 Å². The molecule has 0 bridgehead atoms. The van der Waals surface area contributed by atoms with Crippen molar-refractivity contribution in [2.75, 3.05) is 22.1 Å². The zero-order valence-corrected chi connectivity index (χ0v) is 15.2. The number of nitrogens with zero attached hydrogens (tertiary/aromatic N) is 3. The van der Waals surface area contributed by atoms with E-state index in [1.807, 2.05) is 13.0 Å². The number of benzene rings is 1. The third-order valence-corrected chi connectivity index (χ3v) is 5.24. The van der Waals surface area contributed by atoms with Crippen LogP contribution in [0, 0.1) is 6.92 Å². The second-order valence-corrected chi connectivity index (χ2v) is 7.35. The molecule has 0 radical (unpaired) electrons. The molecule has 3 rings (SSSR count). The highest BCUT2D eigenvalue weighted by molar-refractivity contribution is 7.19. The molecule has 2 heterocycles. The molecule has 0 unspecified atom stereocenters. The number of piperidine rings is 1. The van der Waals surface area contributed by atoms with Gasteiger partial charge in [-0.2, -0.15) is 0 Å². The lowest BCUT2D eigenvalue weighted by atomic mass is 10.1. The molecule has 2 aromatic rings. The highest BCUT2D eigenvalue weighted by Gasteiger charge is 2.22. The van der Waals surface area contributed by atoms with Crippen molar-refractivity contribution in [1.29, 1.82) is 0 Å². The van der Waals surface area contributed by atoms with E-state index >= 15 is 0 Å². The summed E-state index contributed by atoms with van der Waals surface area (Å²) in [6.45, 7) is 5.13. The number of halogens is 1. The Hall–Kier alpha value is -1.86. The van der Waals surface area contributed by atoms with Crippen LogP contribution in [-0.4, -0.2) is 28.8 Å². The number of amides is 2.